The summed E-state index contributed by atoms with van der Waals surface area (Å²) in [6.07, 6.45) is 0. The van der Waals surface area contributed by atoms with Crippen LogP contribution in [0.3, 0.4) is 0 Å². The Labute approximate surface area is 129 Å². The van der Waals surface area contributed by atoms with E-state index in [2.05, 4.69) is 58.4 Å². The van der Waals surface area contributed by atoms with E-state index in [0.29, 0.717) is 0 Å². The molecule has 0 unspecified atom stereocenters. The normalized spacial score (nSPS) is 10.8. The maximum absolute atomic E-state index is 5.98. The summed E-state index contributed by atoms with van der Waals surface area (Å²) in [5, 5.41) is 3.28. The van der Waals surface area contributed by atoms with Gasteiger partial charge in [-0.15, -0.1) is 0 Å². The van der Waals surface area contributed by atoms with E-state index in [-0.39, 0.29) is 0 Å². The average molecular weight is 350 g/mol. The number of hydrogen-bond acceptors (Lipinski definition) is 1. The van der Waals surface area contributed by atoms with Gasteiger partial charge in [0.1, 0.15) is 0 Å². The molecular formula is C16H10BrClS. The van der Waals surface area contributed by atoms with E-state index < -0.39 is 0 Å². The Morgan fingerprint density at radius 3 is 2.47 bits per heavy atom. The molecule has 0 radical (unpaired) electrons. The highest BCUT2D eigenvalue weighted by atomic mass is 79.9. The van der Waals surface area contributed by atoms with Crippen molar-refractivity contribution < 1.29 is 0 Å². The molecule has 3 aromatic rings. The van der Waals surface area contributed by atoms with Gasteiger partial charge in [0.05, 0.1) is 0 Å². The van der Waals surface area contributed by atoms with Crippen LogP contribution in [-0.2, 0) is 0 Å². The second-order valence-corrected chi connectivity index (χ2v) is 6.53. The molecule has 3 heteroatoms. The van der Waals surface area contributed by atoms with Gasteiger partial charge in [0, 0.05) is 19.3 Å². The van der Waals surface area contributed by atoms with Crippen molar-refractivity contribution in [2.45, 2.75) is 9.79 Å². The van der Waals surface area contributed by atoms with Crippen LogP contribution >= 0.6 is 39.3 Å². The van der Waals surface area contributed by atoms with Crippen LogP contribution in [0.2, 0.25) is 5.02 Å². The predicted octanol–water partition coefficient (Wildman–Crippen LogP) is 6.41. The van der Waals surface area contributed by atoms with Crippen molar-refractivity contribution in [2.24, 2.45) is 0 Å². The first-order chi connectivity index (χ1) is 9.24. The van der Waals surface area contributed by atoms with Gasteiger partial charge >= 0.3 is 0 Å². The van der Waals surface area contributed by atoms with Crippen molar-refractivity contribution in [3.05, 3.63) is 70.2 Å². The Bertz CT molecular complexity index is 734. The van der Waals surface area contributed by atoms with E-state index in [1.807, 2.05) is 18.2 Å². The van der Waals surface area contributed by atoms with Gasteiger partial charge in [-0.05, 0) is 51.0 Å². The third-order valence-electron chi connectivity index (χ3n) is 2.86. The second kappa shape index (κ2) is 5.58. The van der Waals surface area contributed by atoms with Crippen LogP contribution in [0, 0.1) is 0 Å². The molecule has 0 N–H and O–H groups in total. The van der Waals surface area contributed by atoms with Crippen LogP contribution in [-0.4, -0.2) is 0 Å². The minimum atomic E-state index is 0.745. The summed E-state index contributed by atoms with van der Waals surface area (Å²) in [5.41, 5.74) is 0. The lowest BCUT2D eigenvalue weighted by Crippen LogP contribution is -1.79. The van der Waals surface area contributed by atoms with Crippen molar-refractivity contribution in [1.29, 1.82) is 0 Å². The summed E-state index contributed by atoms with van der Waals surface area (Å²) in [7, 11) is 0. The van der Waals surface area contributed by atoms with Crippen molar-refractivity contribution in [2.75, 3.05) is 0 Å². The number of rotatable bonds is 2. The van der Waals surface area contributed by atoms with Gasteiger partial charge < -0.3 is 0 Å². The fraction of sp³-hybridized carbons (Fsp3) is 0. The highest BCUT2D eigenvalue weighted by Crippen LogP contribution is 2.38. The Hall–Kier alpha value is -0.960. The van der Waals surface area contributed by atoms with Crippen LogP contribution in [0.1, 0.15) is 0 Å². The topological polar surface area (TPSA) is 0 Å². The Kier molecular flexibility index (Phi) is 3.83. The highest BCUT2D eigenvalue weighted by molar-refractivity contribution is 9.10. The molecule has 0 nitrogen and oxygen atoms in total. The molecule has 0 spiro atoms. The molecule has 0 atom stereocenters. The number of fused-ring (bicyclic) bond motifs is 1. The molecule has 0 saturated heterocycles. The van der Waals surface area contributed by atoms with Gasteiger partial charge in [0.25, 0.3) is 0 Å². The van der Waals surface area contributed by atoms with E-state index in [9.17, 15) is 0 Å². The quantitative estimate of drug-likeness (QED) is 0.515. The first kappa shape index (κ1) is 13.0. The average Bonchev–Trinajstić information content (AvgIpc) is 2.42. The molecule has 94 valence electrons. The molecular weight excluding hydrogens is 340 g/mol. The molecule has 0 aliphatic carbocycles. The van der Waals surface area contributed by atoms with Gasteiger partial charge in [-0.1, -0.05) is 59.8 Å². The van der Waals surface area contributed by atoms with Gasteiger partial charge in [0.2, 0.25) is 0 Å². The number of halogens is 2. The van der Waals surface area contributed by atoms with Gasteiger partial charge in [0.15, 0.2) is 0 Å². The van der Waals surface area contributed by atoms with Crippen LogP contribution in [0.5, 0.6) is 0 Å². The summed E-state index contributed by atoms with van der Waals surface area (Å²) in [4.78, 5) is 2.42. The minimum absolute atomic E-state index is 0.745. The first-order valence-corrected chi connectivity index (χ1v) is 7.83. The van der Waals surface area contributed by atoms with E-state index in [4.69, 9.17) is 11.6 Å². The predicted molar refractivity (Wildman–Crippen MR) is 87.2 cm³/mol. The molecule has 19 heavy (non-hydrogen) atoms. The third kappa shape index (κ3) is 2.81. The Morgan fingerprint density at radius 2 is 1.63 bits per heavy atom. The van der Waals surface area contributed by atoms with Gasteiger partial charge in [-0.3, -0.25) is 0 Å². The lowest BCUT2D eigenvalue weighted by molar-refractivity contribution is 1.39. The monoisotopic (exact) mass is 348 g/mol. The van der Waals surface area contributed by atoms with E-state index in [1.54, 1.807) is 11.8 Å². The largest absolute Gasteiger partial charge is 0.0883 e. The van der Waals surface area contributed by atoms with E-state index in [1.165, 1.54) is 20.6 Å². The molecule has 0 amide bonds. The lowest BCUT2D eigenvalue weighted by Gasteiger charge is -2.08. The smallest absolute Gasteiger partial charge is 0.0418 e. The maximum atomic E-state index is 5.98. The van der Waals surface area contributed by atoms with Crippen molar-refractivity contribution >= 4 is 50.1 Å². The van der Waals surface area contributed by atoms with Gasteiger partial charge in [-0.25, -0.2) is 0 Å². The summed E-state index contributed by atoms with van der Waals surface area (Å²) < 4.78 is 1.03. The maximum Gasteiger partial charge on any atom is 0.0418 e. The Balaban J connectivity index is 2.06. The first-order valence-electron chi connectivity index (χ1n) is 5.85. The van der Waals surface area contributed by atoms with Crippen LogP contribution in [0.15, 0.2) is 74.9 Å². The molecule has 3 rings (SSSR count). The minimum Gasteiger partial charge on any atom is -0.0883 e. The van der Waals surface area contributed by atoms with Crippen molar-refractivity contribution in [1.82, 2.24) is 0 Å². The zero-order valence-corrected chi connectivity index (χ0v) is 13.1. The van der Waals surface area contributed by atoms with Crippen molar-refractivity contribution in [3.8, 4) is 0 Å². The second-order valence-electron chi connectivity index (χ2n) is 4.15. The summed E-state index contributed by atoms with van der Waals surface area (Å²) in [5.74, 6) is 0. The van der Waals surface area contributed by atoms with Crippen molar-refractivity contribution in [3.63, 3.8) is 0 Å². The van der Waals surface area contributed by atoms with E-state index >= 15 is 0 Å². The number of hydrogen-bond donors (Lipinski definition) is 0. The van der Waals surface area contributed by atoms with E-state index in [0.717, 1.165) is 9.50 Å². The standard InChI is InChI=1S/C16H10BrClS/c17-14-10-12(18)8-9-16(14)19-15-7-3-5-11-4-1-2-6-13(11)15/h1-10H. The zero-order chi connectivity index (χ0) is 13.2. The molecule has 0 aliphatic rings. The molecule has 0 saturated carbocycles. The fourth-order valence-corrected chi connectivity index (χ4v) is 3.86. The van der Waals surface area contributed by atoms with Gasteiger partial charge in [-0.2, -0.15) is 0 Å². The van der Waals surface area contributed by atoms with Crippen LogP contribution < -0.4 is 0 Å². The van der Waals surface area contributed by atoms with Crippen LogP contribution in [0.4, 0.5) is 0 Å². The lowest BCUT2D eigenvalue weighted by atomic mass is 10.1. The molecule has 0 aliphatic heterocycles. The third-order valence-corrected chi connectivity index (χ3v) is 5.17. The number of benzene rings is 3. The summed E-state index contributed by atoms with van der Waals surface area (Å²) in [6, 6.07) is 20.7. The summed E-state index contributed by atoms with van der Waals surface area (Å²) in [6.45, 7) is 0. The molecule has 0 fully saturated rings. The molecule has 0 aromatic heterocycles. The molecule has 0 heterocycles. The highest BCUT2D eigenvalue weighted by Gasteiger charge is 2.06. The SMILES string of the molecule is Clc1ccc(Sc2cccc3ccccc23)c(Br)c1. The van der Waals surface area contributed by atoms with Crippen LogP contribution in [0.25, 0.3) is 10.8 Å². The zero-order valence-electron chi connectivity index (χ0n) is 9.94. The fourth-order valence-electron chi connectivity index (χ4n) is 1.96. The molecule has 0 bridgehead atoms. The summed E-state index contributed by atoms with van der Waals surface area (Å²) >= 11 is 11.3. The molecule has 3 aromatic carbocycles. The Morgan fingerprint density at radius 1 is 0.842 bits per heavy atom.